The lowest BCUT2D eigenvalue weighted by atomic mass is 10.1. The Balaban J connectivity index is 2.34. The fourth-order valence-electron chi connectivity index (χ4n) is 1.72. The molecule has 1 heterocycles. The lowest BCUT2D eigenvalue weighted by molar-refractivity contribution is -0.121. The average molecular weight is 291 g/mol. The molecule has 5 heteroatoms. The van der Waals surface area contributed by atoms with Crippen LogP contribution in [-0.4, -0.2) is 26.8 Å². The third-order valence-electron chi connectivity index (χ3n) is 2.65. The van der Waals surface area contributed by atoms with Crippen molar-refractivity contribution in [3.8, 4) is 5.75 Å². The van der Waals surface area contributed by atoms with Crippen molar-refractivity contribution in [2.24, 2.45) is 0 Å². The van der Waals surface area contributed by atoms with Gasteiger partial charge in [-0.1, -0.05) is 41.7 Å². The Kier molecular flexibility index (Phi) is 4.07. The highest BCUT2D eigenvalue weighted by atomic mass is 32.2. The normalized spacial score (nSPS) is 17.3. The first-order chi connectivity index (χ1) is 9.02. The second-order valence-corrected chi connectivity index (χ2v) is 5.82. The number of carbonyl (C=O) groups is 1. The number of thioether (sulfide) groups is 1. The summed E-state index contributed by atoms with van der Waals surface area (Å²) in [6.07, 6.45) is 3.31. The molecule has 1 N–H and O–H groups in total. The van der Waals surface area contributed by atoms with Crippen molar-refractivity contribution in [1.82, 2.24) is 4.90 Å². The SMILES string of the molecule is C=CCN1C(=O)/C(=C/c2cc(C)ccc2O)SC1=S. The van der Waals surface area contributed by atoms with Crippen LogP contribution in [0.3, 0.4) is 0 Å². The molecule has 2 rings (SSSR count). The topological polar surface area (TPSA) is 40.5 Å². The van der Waals surface area contributed by atoms with Crippen molar-refractivity contribution in [2.75, 3.05) is 6.54 Å². The summed E-state index contributed by atoms with van der Waals surface area (Å²) in [7, 11) is 0. The number of amides is 1. The summed E-state index contributed by atoms with van der Waals surface area (Å²) < 4.78 is 0.517. The third-order valence-corrected chi connectivity index (χ3v) is 4.03. The number of benzene rings is 1. The molecule has 0 unspecified atom stereocenters. The van der Waals surface area contributed by atoms with Crippen LogP contribution >= 0.6 is 24.0 Å². The zero-order valence-electron chi connectivity index (χ0n) is 10.4. The summed E-state index contributed by atoms with van der Waals surface area (Å²) >= 11 is 6.39. The van der Waals surface area contributed by atoms with E-state index in [-0.39, 0.29) is 11.7 Å². The molecular formula is C14H13NO2S2. The Bertz CT molecular complexity index is 593. The molecule has 0 spiro atoms. The van der Waals surface area contributed by atoms with Gasteiger partial charge in [-0.3, -0.25) is 9.69 Å². The number of phenols is 1. The molecule has 1 aromatic carbocycles. The average Bonchev–Trinajstić information content (AvgIpc) is 2.62. The van der Waals surface area contributed by atoms with Crippen molar-refractivity contribution < 1.29 is 9.90 Å². The number of carbonyl (C=O) groups excluding carboxylic acids is 1. The molecule has 1 aliphatic rings. The van der Waals surface area contributed by atoms with E-state index in [1.807, 2.05) is 19.1 Å². The largest absolute Gasteiger partial charge is 0.507 e. The third kappa shape index (κ3) is 2.88. The Hall–Kier alpha value is -1.59. The minimum Gasteiger partial charge on any atom is -0.507 e. The maximum Gasteiger partial charge on any atom is 0.266 e. The smallest absolute Gasteiger partial charge is 0.266 e. The van der Waals surface area contributed by atoms with Crippen LogP contribution in [0.15, 0.2) is 35.8 Å². The van der Waals surface area contributed by atoms with Crippen molar-refractivity contribution >= 4 is 40.3 Å². The van der Waals surface area contributed by atoms with Crippen molar-refractivity contribution in [1.29, 1.82) is 0 Å². The highest BCUT2D eigenvalue weighted by Crippen LogP contribution is 2.34. The molecule has 1 aliphatic heterocycles. The molecule has 1 amide bonds. The molecular weight excluding hydrogens is 278 g/mol. The van der Waals surface area contributed by atoms with Crippen molar-refractivity contribution in [3.05, 3.63) is 46.9 Å². The van der Waals surface area contributed by atoms with E-state index in [0.29, 0.717) is 21.3 Å². The molecule has 0 bridgehead atoms. The van der Waals surface area contributed by atoms with Gasteiger partial charge < -0.3 is 5.11 Å². The van der Waals surface area contributed by atoms with Crippen LogP contribution in [0, 0.1) is 6.92 Å². The Morgan fingerprint density at radius 2 is 2.26 bits per heavy atom. The summed E-state index contributed by atoms with van der Waals surface area (Å²) in [4.78, 5) is 14.1. The quantitative estimate of drug-likeness (QED) is 0.528. The predicted molar refractivity (Wildman–Crippen MR) is 82.9 cm³/mol. The number of hydrogen-bond donors (Lipinski definition) is 1. The molecule has 1 fully saturated rings. The number of aromatic hydroxyl groups is 1. The van der Waals surface area contributed by atoms with Crippen LogP contribution in [0.25, 0.3) is 6.08 Å². The van der Waals surface area contributed by atoms with Gasteiger partial charge in [-0.25, -0.2) is 0 Å². The number of phenolic OH excluding ortho intramolecular Hbond substituents is 1. The molecule has 1 aromatic rings. The van der Waals surface area contributed by atoms with E-state index in [1.54, 1.807) is 18.2 Å². The molecule has 0 atom stereocenters. The first kappa shape index (κ1) is 13.8. The zero-order valence-corrected chi connectivity index (χ0v) is 12.1. The molecule has 0 aliphatic carbocycles. The minimum absolute atomic E-state index is 0.143. The Labute approximate surface area is 121 Å². The maximum atomic E-state index is 12.1. The Morgan fingerprint density at radius 1 is 1.53 bits per heavy atom. The van der Waals surface area contributed by atoms with Crippen LogP contribution in [0.2, 0.25) is 0 Å². The van der Waals surface area contributed by atoms with E-state index in [1.165, 1.54) is 16.7 Å². The van der Waals surface area contributed by atoms with Gasteiger partial charge in [-0.05, 0) is 25.1 Å². The van der Waals surface area contributed by atoms with E-state index in [2.05, 4.69) is 6.58 Å². The van der Waals surface area contributed by atoms with Gasteiger partial charge in [0, 0.05) is 12.1 Å². The monoisotopic (exact) mass is 291 g/mol. The summed E-state index contributed by atoms with van der Waals surface area (Å²) in [5.41, 5.74) is 1.64. The lowest BCUT2D eigenvalue weighted by Gasteiger charge is -2.10. The Morgan fingerprint density at radius 3 is 2.95 bits per heavy atom. The first-order valence-corrected chi connectivity index (χ1v) is 6.91. The molecule has 0 radical (unpaired) electrons. The minimum atomic E-state index is -0.143. The molecule has 0 aromatic heterocycles. The van der Waals surface area contributed by atoms with Crippen LogP contribution in [0.5, 0.6) is 5.75 Å². The highest BCUT2D eigenvalue weighted by molar-refractivity contribution is 8.26. The van der Waals surface area contributed by atoms with Crippen LogP contribution in [0.1, 0.15) is 11.1 Å². The summed E-state index contributed by atoms with van der Waals surface area (Å²) in [6, 6.07) is 5.26. The molecule has 19 heavy (non-hydrogen) atoms. The molecule has 0 saturated carbocycles. The van der Waals surface area contributed by atoms with Gasteiger partial charge in [-0.2, -0.15) is 0 Å². The second kappa shape index (κ2) is 5.59. The summed E-state index contributed by atoms with van der Waals surface area (Å²) in [5.74, 6) is 0.00963. The van der Waals surface area contributed by atoms with Crippen LogP contribution < -0.4 is 0 Å². The summed E-state index contributed by atoms with van der Waals surface area (Å²) in [6.45, 7) is 5.94. The number of nitrogens with zero attached hydrogens (tertiary/aromatic N) is 1. The maximum absolute atomic E-state index is 12.1. The van der Waals surface area contributed by atoms with E-state index in [0.717, 1.165) is 5.56 Å². The first-order valence-electron chi connectivity index (χ1n) is 5.69. The second-order valence-electron chi connectivity index (χ2n) is 4.14. The predicted octanol–water partition coefficient (Wildman–Crippen LogP) is 3.09. The van der Waals surface area contributed by atoms with Crippen LogP contribution in [-0.2, 0) is 4.79 Å². The zero-order chi connectivity index (χ0) is 14.0. The summed E-state index contributed by atoms with van der Waals surface area (Å²) in [5, 5.41) is 9.79. The number of hydrogen-bond acceptors (Lipinski definition) is 4. The van der Waals surface area contributed by atoms with Gasteiger partial charge in [-0.15, -0.1) is 6.58 Å². The van der Waals surface area contributed by atoms with E-state index in [9.17, 15) is 9.90 Å². The molecule has 3 nitrogen and oxygen atoms in total. The van der Waals surface area contributed by atoms with Gasteiger partial charge in [0.25, 0.3) is 5.91 Å². The fourth-order valence-corrected chi connectivity index (χ4v) is 2.98. The van der Waals surface area contributed by atoms with E-state index in [4.69, 9.17) is 12.2 Å². The van der Waals surface area contributed by atoms with Gasteiger partial charge >= 0.3 is 0 Å². The van der Waals surface area contributed by atoms with Gasteiger partial charge in [0.05, 0.1) is 4.91 Å². The molecule has 98 valence electrons. The molecule has 1 saturated heterocycles. The van der Waals surface area contributed by atoms with Crippen molar-refractivity contribution in [3.63, 3.8) is 0 Å². The van der Waals surface area contributed by atoms with Gasteiger partial charge in [0.2, 0.25) is 0 Å². The van der Waals surface area contributed by atoms with E-state index < -0.39 is 0 Å². The fraction of sp³-hybridized carbons (Fsp3) is 0.143. The number of thiocarbonyl (C=S) groups is 1. The lowest BCUT2D eigenvalue weighted by Crippen LogP contribution is -2.27. The van der Waals surface area contributed by atoms with Crippen LogP contribution in [0.4, 0.5) is 0 Å². The van der Waals surface area contributed by atoms with Gasteiger partial charge in [0.1, 0.15) is 10.1 Å². The van der Waals surface area contributed by atoms with Crippen molar-refractivity contribution in [2.45, 2.75) is 6.92 Å². The van der Waals surface area contributed by atoms with Gasteiger partial charge in [0.15, 0.2) is 0 Å². The number of rotatable bonds is 3. The van der Waals surface area contributed by atoms with E-state index >= 15 is 0 Å². The standard InChI is InChI=1S/C14H13NO2S2/c1-3-6-15-13(17)12(19-14(15)18)8-10-7-9(2)4-5-11(10)16/h3-5,7-8,16H,1,6H2,2H3/b12-8-. The highest BCUT2D eigenvalue weighted by Gasteiger charge is 2.31. The number of aryl methyl sites for hydroxylation is 1.